The van der Waals surface area contributed by atoms with E-state index in [9.17, 15) is 19.2 Å². The summed E-state index contributed by atoms with van der Waals surface area (Å²) in [6.45, 7) is 2.15. The Morgan fingerprint density at radius 2 is 1.92 bits per heavy atom. The molecule has 0 aliphatic carbocycles. The zero-order valence-corrected chi connectivity index (χ0v) is 21.0. The molecule has 196 valence electrons. The summed E-state index contributed by atoms with van der Waals surface area (Å²) in [4.78, 5) is 51.7. The maximum Gasteiger partial charge on any atom is 0.310 e. The Kier molecular flexibility index (Phi) is 8.62. The summed E-state index contributed by atoms with van der Waals surface area (Å²) in [6.07, 6.45) is 0.257. The number of rotatable bonds is 9. The molecule has 2 aromatic rings. The van der Waals surface area contributed by atoms with Crippen molar-refractivity contribution in [1.29, 1.82) is 0 Å². The number of hydrogen-bond acceptors (Lipinski definition) is 7. The fourth-order valence-corrected chi connectivity index (χ4v) is 4.57. The molecule has 4 rings (SSSR count). The van der Waals surface area contributed by atoms with Gasteiger partial charge in [-0.2, -0.15) is 0 Å². The number of nitrogens with zero attached hydrogens (tertiary/aromatic N) is 1. The van der Waals surface area contributed by atoms with Gasteiger partial charge < -0.3 is 29.7 Å². The number of para-hydroxylation sites is 1. The average molecular weight is 530 g/mol. The van der Waals surface area contributed by atoms with Gasteiger partial charge in [0.2, 0.25) is 18.1 Å². The van der Waals surface area contributed by atoms with E-state index in [1.54, 1.807) is 31.2 Å². The highest BCUT2D eigenvalue weighted by molar-refractivity contribution is 6.35. The molecular weight excluding hydrogens is 502 g/mol. The minimum Gasteiger partial charge on any atom is -0.456 e. The van der Waals surface area contributed by atoms with Gasteiger partial charge in [0, 0.05) is 13.2 Å². The van der Waals surface area contributed by atoms with Crippen LogP contribution >= 0.6 is 11.6 Å². The smallest absolute Gasteiger partial charge is 0.310 e. The molecule has 10 nitrogen and oxygen atoms in total. The molecule has 0 aromatic heterocycles. The SMILES string of the molecule is CCO[C@@H]1OC(=O)C[C@@H]1NC(=O)[C@@H]1CCCN1C(=O)CNC(=O)c1cccc(Oc2ccccc2)c1Cl. The molecule has 3 amide bonds. The molecule has 0 spiro atoms. The molecule has 2 aliphatic heterocycles. The Labute approximate surface area is 219 Å². The van der Waals surface area contributed by atoms with Crippen LogP contribution in [0.3, 0.4) is 0 Å². The molecule has 0 bridgehead atoms. The van der Waals surface area contributed by atoms with Gasteiger partial charge in [0.25, 0.3) is 5.91 Å². The summed E-state index contributed by atoms with van der Waals surface area (Å²) in [5.41, 5.74) is 0.159. The van der Waals surface area contributed by atoms with E-state index in [0.29, 0.717) is 37.5 Å². The fourth-order valence-electron chi connectivity index (χ4n) is 4.32. The van der Waals surface area contributed by atoms with E-state index in [2.05, 4.69) is 10.6 Å². The molecule has 0 unspecified atom stereocenters. The highest BCUT2D eigenvalue weighted by Crippen LogP contribution is 2.32. The van der Waals surface area contributed by atoms with Crippen LogP contribution in [0.4, 0.5) is 0 Å². The van der Waals surface area contributed by atoms with Crippen LogP contribution in [-0.2, 0) is 23.9 Å². The number of carbonyl (C=O) groups is 4. The van der Waals surface area contributed by atoms with Gasteiger partial charge in [-0.3, -0.25) is 19.2 Å². The number of cyclic esters (lactones) is 1. The molecule has 3 atom stereocenters. The summed E-state index contributed by atoms with van der Waals surface area (Å²) in [7, 11) is 0. The van der Waals surface area contributed by atoms with E-state index in [4.69, 9.17) is 25.8 Å². The maximum atomic E-state index is 12.9. The second-order valence-electron chi connectivity index (χ2n) is 8.59. The lowest BCUT2D eigenvalue weighted by atomic mass is 10.1. The van der Waals surface area contributed by atoms with Crippen LogP contribution in [0, 0.1) is 0 Å². The minimum atomic E-state index is -0.849. The molecule has 11 heteroatoms. The number of carbonyl (C=O) groups excluding carboxylic acids is 4. The molecule has 2 heterocycles. The Bertz CT molecular complexity index is 1160. The van der Waals surface area contributed by atoms with Gasteiger partial charge in [0.1, 0.15) is 23.6 Å². The van der Waals surface area contributed by atoms with E-state index in [1.807, 2.05) is 18.2 Å². The standard InChI is InChI=1S/C26H28ClN3O7/c1-2-35-26-18(14-22(32)37-26)29-25(34)19-11-7-13-30(19)21(31)15-28-24(33)17-10-6-12-20(23(17)27)36-16-8-4-3-5-9-16/h3-6,8-10,12,18-19,26H,2,7,11,13-15H2,1H3,(H,28,33)(H,29,34)/t18-,19-,26+/m0/s1. The number of halogens is 1. The predicted octanol–water partition coefficient (Wildman–Crippen LogP) is 2.65. The van der Waals surface area contributed by atoms with Crippen LogP contribution in [0.2, 0.25) is 5.02 Å². The lowest BCUT2D eigenvalue weighted by Gasteiger charge is -2.26. The molecule has 2 N–H and O–H groups in total. The third-order valence-corrected chi connectivity index (χ3v) is 6.47. The second-order valence-corrected chi connectivity index (χ2v) is 8.97. The summed E-state index contributed by atoms with van der Waals surface area (Å²) in [5.74, 6) is -0.918. The first-order chi connectivity index (χ1) is 17.9. The Morgan fingerprint density at radius 1 is 1.14 bits per heavy atom. The van der Waals surface area contributed by atoms with Crippen molar-refractivity contribution in [2.24, 2.45) is 0 Å². The van der Waals surface area contributed by atoms with Crippen LogP contribution in [0.15, 0.2) is 48.5 Å². The third-order valence-electron chi connectivity index (χ3n) is 6.08. The lowest BCUT2D eigenvalue weighted by Crippen LogP contribution is -2.52. The molecule has 0 radical (unpaired) electrons. The van der Waals surface area contributed by atoms with Gasteiger partial charge in [-0.05, 0) is 44.0 Å². The van der Waals surface area contributed by atoms with Gasteiger partial charge >= 0.3 is 5.97 Å². The molecule has 2 aromatic carbocycles. The van der Waals surface area contributed by atoms with Crippen molar-refractivity contribution in [2.45, 2.75) is 44.6 Å². The number of benzene rings is 2. The van der Waals surface area contributed by atoms with Crippen molar-refractivity contribution >= 4 is 35.3 Å². The molecule has 2 fully saturated rings. The Balaban J connectivity index is 1.34. The van der Waals surface area contributed by atoms with Gasteiger partial charge in [-0.25, -0.2) is 0 Å². The number of amides is 3. The zero-order valence-electron chi connectivity index (χ0n) is 20.3. The number of hydrogen-bond donors (Lipinski definition) is 2. The van der Waals surface area contributed by atoms with Crippen molar-refractivity contribution in [1.82, 2.24) is 15.5 Å². The van der Waals surface area contributed by atoms with Crippen LogP contribution in [-0.4, -0.2) is 66.7 Å². The maximum absolute atomic E-state index is 12.9. The Morgan fingerprint density at radius 3 is 2.68 bits per heavy atom. The Hall–Kier alpha value is -3.63. The van der Waals surface area contributed by atoms with Crippen LogP contribution in [0.5, 0.6) is 11.5 Å². The minimum absolute atomic E-state index is 0.000933. The van der Waals surface area contributed by atoms with Gasteiger partial charge in [0.15, 0.2) is 0 Å². The van der Waals surface area contributed by atoms with Crippen molar-refractivity contribution in [2.75, 3.05) is 19.7 Å². The van der Waals surface area contributed by atoms with Crippen LogP contribution in [0.25, 0.3) is 0 Å². The third kappa shape index (κ3) is 6.39. The monoisotopic (exact) mass is 529 g/mol. The zero-order chi connectivity index (χ0) is 26.4. The molecule has 0 saturated carbocycles. The van der Waals surface area contributed by atoms with Gasteiger partial charge in [-0.15, -0.1) is 0 Å². The van der Waals surface area contributed by atoms with Crippen molar-refractivity contribution in [3.05, 3.63) is 59.1 Å². The topological polar surface area (TPSA) is 123 Å². The molecule has 2 aliphatic rings. The summed E-state index contributed by atoms with van der Waals surface area (Å²) in [6, 6.07) is 12.5. The second kappa shape index (κ2) is 12.1. The predicted molar refractivity (Wildman–Crippen MR) is 133 cm³/mol. The lowest BCUT2D eigenvalue weighted by molar-refractivity contribution is -0.164. The van der Waals surface area contributed by atoms with E-state index >= 15 is 0 Å². The molecule has 2 saturated heterocycles. The van der Waals surface area contributed by atoms with E-state index in [0.717, 1.165) is 0 Å². The number of likely N-dealkylation sites (tertiary alicyclic amines) is 1. The first-order valence-corrected chi connectivity index (χ1v) is 12.5. The van der Waals surface area contributed by atoms with Crippen molar-refractivity contribution in [3.63, 3.8) is 0 Å². The number of esters is 1. The van der Waals surface area contributed by atoms with Gasteiger partial charge in [0.05, 0.1) is 23.6 Å². The van der Waals surface area contributed by atoms with E-state index in [-0.39, 0.29) is 29.5 Å². The summed E-state index contributed by atoms with van der Waals surface area (Å²) < 4.78 is 16.2. The van der Waals surface area contributed by atoms with Crippen LogP contribution < -0.4 is 15.4 Å². The van der Waals surface area contributed by atoms with Crippen molar-refractivity contribution in [3.8, 4) is 11.5 Å². The van der Waals surface area contributed by atoms with Crippen LogP contribution in [0.1, 0.15) is 36.5 Å². The number of nitrogens with one attached hydrogen (secondary N) is 2. The largest absolute Gasteiger partial charge is 0.456 e. The van der Waals surface area contributed by atoms with E-state index < -0.39 is 36.2 Å². The fraction of sp³-hybridized carbons (Fsp3) is 0.385. The molecule has 37 heavy (non-hydrogen) atoms. The highest BCUT2D eigenvalue weighted by Gasteiger charge is 2.40. The van der Waals surface area contributed by atoms with Crippen molar-refractivity contribution < 1.29 is 33.4 Å². The first kappa shape index (κ1) is 26.4. The quantitative estimate of drug-likeness (QED) is 0.479. The highest BCUT2D eigenvalue weighted by atomic mass is 35.5. The average Bonchev–Trinajstić information content (AvgIpc) is 3.51. The van der Waals surface area contributed by atoms with E-state index in [1.165, 1.54) is 11.0 Å². The van der Waals surface area contributed by atoms with Gasteiger partial charge in [-0.1, -0.05) is 35.9 Å². The summed E-state index contributed by atoms with van der Waals surface area (Å²) >= 11 is 6.41. The number of ether oxygens (including phenoxy) is 3. The normalized spacial score (nSPS) is 20.9. The summed E-state index contributed by atoms with van der Waals surface area (Å²) in [5, 5.41) is 5.47. The first-order valence-electron chi connectivity index (χ1n) is 12.1. The molecular formula is C26H28ClN3O7.